The van der Waals surface area contributed by atoms with Gasteiger partial charge in [0.1, 0.15) is 5.82 Å². The third-order valence-corrected chi connectivity index (χ3v) is 2.73. The molecule has 0 spiro atoms. The molecule has 0 aromatic carbocycles. The van der Waals surface area contributed by atoms with Crippen LogP contribution in [-0.4, -0.2) is 30.1 Å². The molecule has 0 atom stereocenters. The van der Waals surface area contributed by atoms with Crippen molar-refractivity contribution < 1.29 is 9.53 Å². The van der Waals surface area contributed by atoms with Gasteiger partial charge in [-0.2, -0.15) is 0 Å². The average molecular weight is 244 g/mol. The molecule has 1 N–H and O–H groups in total. The molecule has 2 rings (SSSR count). The number of esters is 1. The van der Waals surface area contributed by atoms with Crippen LogP contribution in [0.3, 0.4) is 0 Å². The largest absolute Gasteiger partial charge is 0.465 e. The number of carbonyl (C=O) groups is 1. The summed E-state index contributed by atoms with van der Waals surface area (Å²) in [4.78, 5) is 19.5. The summed E-state index contributed by atoms with van der Waals surface area (Å²) in [7, 11) is 3.23. The van der Waals surface area contributed by atoms with Gasteiger partial charge in [0, 0.05) is 12.4 Å². The van der Waals surface area contributed by atoms with Gasteiger partial charge in [0.25, 0.3) is 0 Å². The number of carbonyl (C=O) groups excluding carboxylic acids is 1. The number of ether oxygens (including phenoxy) is 1. The molecule has 1 aliphatic rings. The molecular weight excluding hydrogens is 230 g/mol. The van der Waals surface area contributed by atoms with E-state index in [0.29, 0.717) is 5.56 Å². The Kier molecular flexibility index (Phi) is 3.83. The summed E-state index contributed by atoms with van der Waals surface area (Å²) in [5, 5.41) is 3.19. The van der Waals surface area contributed by atoms with E-state index < -0.39 is 5.97 Å². The van der Waals surface area contributed by atoms with Crippen molar-refractivity contribution in [1.29, 1.82) is 0 Å². The van der Waals surface area contributed by atoms with Crippen molar-refractivity contribution in [2.45, 2.75) is 18.4 Å². The summed E-state index contributed by atoms with van der Waals surface area (Å²) in [6.45, 7) is 0. The Morgan fingerprint density at radius 1 is 1.44 bits per heavy atom. The second kappa shape index (κ2) is 4.76. The van der Waals surface area contributed by atoms with Crippen LogP contribution in [0.25, 0.3) is 0 Å². The molecule has 0 aliphatic heterocycles. The molecule has 0 amide bonds. The lowest BCUT2D eigenvalue weighted by molar-refractivity contribution is 0.0599. The maximum Gasteiger partial charge on any atom is 0.341 e. The zero-order valence-corrected chi connectivity index (χ0v) is 10.0. The summed E-state index contributed by atoms with van der Waals surface area (Å²) >= 11 is 0. The Labute approximate surface area is 100 Å². The number of aromatic nitrogens is 2. The minimum atomic E-state index is -0.407. The van der Waals surface area contributed by atoms with Crippen LogP contribution >= 0.6 is 12.4 Å². The lowest BCUT2D eigenvalue weighted by Crippen LogP contribution is -2.27. The molecule has 0 bridgehead atoms. The first-order valence-corrected chi connectivity index (χ1v) is 4.81. The van der Waals surface area contributed by atoms with Gasteiger partial charge >= 0.3 is 5.97 Å². The van der Waals surface area contributed by atoms with Crippen LogP contribution in [0, 0.1) is 0 Å². The number of rotatable bonds is 3. The number of nitrogens with zero attached hydrogens (tertiary/aromatic N) is 2. The van der Waals surface area contributed by atoms with E-state index in [0.717, 1.165) is 18.7 Å². The highest BCUT2D eigenvalue weighted by atomic mass is 35.5. The molecule has 6 heteroatoms. The number of halogens is 1. The fraction of sp³-hybridized carbons (Fsp3) is 0.500. The van der Waals surface area contributed by atoms with E-state index in [-0.39, 0.29) is 17.9 Å². The Bertz CT molecular complexity index is 376. The van der Waals surface area contributed by atoms with E-state index in [1.165, 1.54) is 19.5 Å². The molecule has 0 radical (unpaired) electrons. The second-order valence-electron chi connectivity index (χ2n) is 3.62. The number of hydrogen-bond donors (Lipinski definition) is 1. The van der Waals surface area contributed by atoms with Gasteiger partial charge < -0.3 is 10.1 Å². The van der Waals surface area contributed by atoms with Crippen LogP contribution in [0.2, 0.25) is 0 Å². The zero-order chi connectivity index (χ0) is 10.9. The summed E-state index contributed by atoms with van der Waals surface area (Å²) < 4.78 is 4.57. The molecule has 16 heavy (non-hydrogen) atoms. The minimum Gasteiger partial charge on any atom is -0.465 e. The first kappa shape index (κ1) is 12.9. The van der Waals surface area contributed by atoms with Gasteiger partial charge in [-0.3, -0.25) is 0 Å². The maximum absolute atomic E-state index is 11.1. The summed E-state index contributed by atoms with van der Waals surface area (Å²) in [5.74, 6) is 0.341. The maximum atomic E-state index is 11.1. The molecule has 0 saturated heterocycles. The summed E-state index contributed by atoms with van der Waals surface area (Å²) in [6, 6.07) is 0. The van der Waals surface area contributed by atoms with Crippen molar-refractivity contribution in [1.82, 2.24) is 15.3 Å². The van der Waals surface area contributed by atoms with Gasteiger partial charge in [0.05, 0.1) is 18.2 Å². The SMILES string of the molecule is CNC1(c2ncc(C(=O)OC)cn2)CC1.Cl. The van der Waals surface area contributed by atoms with Crippen LogP contribution in [0.15, 0.2) is 12.4 Å². The van der Waals surface area contributed by atoms with Crippen molar-refractivity contribution in [3.05, 3.63) is 23.8 Å². The van der Waals surface area contributed by atoms with E-state index in [4.69, 9.17) is 0 Å². The van der Waals surface area contributed by atoms with Crippen LogP contribution in [0.4, 0.5) is 0 Å². The van der Waals surface area contributed by atoms with Gasteiger partial charge in [0.2, 0.25) is 0 Å². The van der Waals surface area contributed by atoms with E-state index >= 15 is 0 Å². The second-order valence-corrected chi connectivity index (χ2v) is 3.62. The van der Waals surface area contributed by atoms with Gasteiger partial charge in [-0.25, -0.2) is 14.8 Å². The fourth-order valence-electron chi connectivity index (χ4n) is 1.51. The number of methoxy groups -OCH3 is 1. The number of hydrogen-bond acceptors (Lipinski definition) is 5. The van der Waals surface area contributed by atoms with E-state index in [2.05, 4.69) is 20.0 Å². The number of nitrogens with one attached hydrogen (secondary N) is 1. The van der Waals surface area contributed by atoms with Crippen molar-refractivity contribution in [2.24, 2.45) is 0 Å². The van der Waals surface area contributed by atoms with Crippen molar-refractivity contribution in [3.63, 3.8) is 0 Å². The first-order chi connectivity index (χ1) is 7.22. The molecule has 1 aromatic rings. The zero-order valence-electron chi connectivity index (χ0n) is 9.19. The van der Waals surface area contributed by atoms with E-state index in [1.54, 1.807) is 0 Å². The normalized spacial score (nSPS) is 16.1. The topological polar surface area (TPSA) is 64.1 Å². The average Bonchev–Trinajstić information content (AvgIpc) is 3.09. The molecule has 1 heterocycles. The lowest BCUT2D eigenvalue weighted by atomic mass is 10.2. The Morgan fingerprint density at radius 3 is 2.38 bits per heavy atom. The lowest BCUT2D eigenvalue weighted by Gasteiger charge is -2.11. The monoisotopic (exact) mass is 243 g/mol. The van der Waals surface area contributed by atoms with Gasteiger partial charge in [-0.05, 0) is 19.9 Å². The van der Waals surface area contributed by atoms with Crippen LogP contribution < -0.4 is 5.32 Å². The molecule has 88 valence electrons. The van der Waals surface area contributed by atoms with Gasteiger partial charge in [-0.15, -0.1) is 12.4 Å². The molecule has 1 fully saturated rings. The third kappa shape index (κ3) is 2.15. The Balaban J connectivity index is 0.00000128. The summed E-state index contributed by atoms with van der Waals surface area (Å²) in [5.41, 5.74) is 0.322. The van der Waals surface area contributed by atoms with Gasteiger partial charge in [0.15, 0.2) is 0 Å². The smallest absolute Gasteiger partial charge is 0.341 e. The first-order valence-electron chi connectivity index (χ1n) is 4.81. The highest BCUT2D eigenvalue weighted by Crippen LogP contribution is 2.42. The van der Waals surface area contributed by atoms with E-state index in [1.807, 2.05) is 7.05 Å². The highest BCUT2D eigenvalue weighted by molar-refractivity contribution is 5.88. The molecule has 1 aromatic heterocycles. The molecule has 1 saturated carbocycles. The highest BCUT2D eigenvalue weighted by Gasteiger charge is 2.45. The quantitative estimate of drug-likeness (QED) is 0.799. The Morgan fingerprint density at radius 2 is 2.00 bits per heavy atom. The Hall–Kier alpha value is -1.20. The molecule has 0 unspecified atom stereocenters. The van der Waals surface area contributed by atoms with Crippen molar-refractivity contribution in [2.75, 3.05) is 14.2 Å². The third-order valence-electron chi connectivity index (χ3n) is 2.73. The molecular formula is C10H14ClN3O2. The standard InChI is InChI=1S/C10H13N3O2.ClH/c1-11-10(3-4-10)9-12-5-7(6-13-9)8(14)15-2;/h5-6,11H,3-4H2,1-2H3;1H. The minimum absolute atomic E-state index is 0. The van der Waals surface area contributed by atoms with Crippen LogP contribution in [0.5, 0.6) is 0 Å². The van der Waals surface area contributed by atoms with E-state index in [9.17, 15) is 4.79 Å². The van der Waals surface area contributed by atoms with Crippen molar-refractivity contribution >= 4 is 18.4 Å². The van der Waals surface area contributed by atoms with Crippen LogP contribution in [0.1, 0.15) is 29.0 Å². The predicted molar refractivity (Wildman–Crippen MR) is 60.6 cm³/mol. The van der Waals surface area contributed by atoms with Crippen molar-refractivity contribution in [3.8, 4) is 0 Å². The molecule has 5 nitrogen and oxygen atoms in total. The van der Waals surface area contributed by atoms with Gasteiger partial charge in [-0.1, -0.05) is 0 Å². The molecule has 1 aliphatic carbocycles. The summed E-state index contributed by atoms with van der Waals surface area (Å²) in [6.07, 6.45) is 5.10. The van der Waals surface area contributed by atoms with Crippen LogP contribution in [-0.2, 0) is 10.3 Å². The fourth-order valence-corrected chi connectivity index (χ4v) is 1.51. The predicted octanol–water partition coefficient (Wildman–Crippen LogP) is 0.893.